The first-order valence-corrected chi connectivity index (χ1v) is 20.9. The largest absolute Gasteiger partial charge is 0.457 e. The molecule has 2 aromatic heterocycles. The van der Waals surface area contributed by atoms with Crippen LogP contribution in [-0.4, -0.2) is 16.2 Å². The monoisotopic (exact) mass is 817 g/mol. The quantitative estimate of drug-likeness (QED) is 0.160. The van der Waals surface area contributed by atoms with E-state index in [0.29, 0.717) is 67.1 Å². The first-order valence-electron chi connectivity index (χ1n) is 25.4. The van der Waals surface area contributed by atoms with Crippen molar-refractivity contribution in [1.82, 2.24) is 9.55 Å². The Morgan fingerprint density at radius 3 is 1.90 bits per heavy atom. The summed E-state index contributed by atoms with van der Waals surface area (Å²) in [6, 6.07) is 40.9. The van der Waals surface area contributed by atoms with Gasteiger partial charge in [0, 0.05) is 50.0 Å². The van der Waals surface area contributed by atoms with Crippen molar-refractivity contribution in [3.63, 3.8) is 0 Å². The van der Waals surface area contributed by atoms with E-state index >= 15 is 0 Å². The molecule has 0 aliphatic carbocycles. The number of aromatic nitrogens is 2. The fourth-order valence-corrected chi connectivity index (χ4v) is 8.42. The summed E-state index contributed by atoms with van der Waals surface area (Å²) in [4.78, 5) is 9.01. The molecule has 0 fully saturated rings. The summed E-state index contributed by atoms with van der Waals surface area (Å²) < 4.78 is 89.1. The molecule has 5 heteroatoms. The third-order valence-corrected chi connectivity index (χ3v) is 11.6. The molecule has 1 aliphatic rings. The Hall–Kier alpha value is -7.11. The van der Waals surface area contributed by atoms with E-state index in [1.165, 1.54) is 0 Å². The minimum Gasteiger partial charge on any atom is -0.457 e. The van der Waals surface area contributed by atoms with E-state index in [2.05, 4.69) is 57.4 Å². The molecule has 0 atom stereocenters. The number of benzene rings is 7. The van der Waals surface area contributed by atoms with Crippen LogP contribution in [0.4, 0.5) is 22.7 Å². The maximum Gasteiger partial charge on any atom is 0.137 e. The molecule has 0 spiro atoms. The molecule has 306 valence electrons. The van der Waals surface area contributed by atoms with E-state index in [9.17, 15) is 2.74 Å². The lowest BCUT2D eigenvalue weighted by Crippen LogP contribution is -2.25. The third-order valence-electron chi connectivity index (χ3n) is 11.6. The van der Waals surface area contributed by atoms with Crippen LogP contribution in [-0.2, 0) is 10.8 Å². The molecule has 3 heterocycles. The molecule has 1 aliphatic heterocycles. The molecule has 0 radical (unpaired) electrons. The van der Waals surface area contributed by atoms with Gasteiger partial charge in [0.05, 0.1) is 36.3 Å². The van der Waals surface area contributed by atoms with Crippen molar-refractivity contribution >= 4 is 44.6 Å². The Morgan fingerprint density at radius 2 is 1.24 bits per heavy atom. The lowest BCUT2D eigenvalue weighted by molar-refractivity contribution is 0.479. The van der Waals surface area contributed by atoms with E-state index in [4.69, 9.17) is 19.3 Å². The second kappa shape index (κ2) is 15.1. The van der Waals surface area contributed by atoms with Crippen LogP contribution < -0.4 is 14.5 Å². The second-order valence-electron chi connectivity index (χ2n) is 17.9. The molecule has 5 nitrogen and oxygen atoms in total. The summed E-state index contributed by atoms with van der Waals surface area (Å²) in [5.74, 6) is 1.54. The van der Waals surface area contributed by atoms with Gasteiger partial charge in [-0.1, -0.05) is 132 Å². The number of ether oxygens (including phenoxy) is 1. The van der Waals surface area contributed by atoms with Gasteiger partial charge in [0.2, 0.25) is 0 Å². The van der Waals surface area contributed by atoms with Crippen molar-refractivity contribution in [3.05, 3.63) is 193 Å². The minimum atomic E-state index is -2.74. The summed E-state index contributed by atoms with van der Waals surface area (Å²) in [6.07, 6.45) is 1.73. The van der Waals surface area contributed by atoms with Crippen LogP contribution in [0.2, 0.25) is 0 Å². The fourth-order valence-electron chi connectivity index (χ4n) is 8.42. The van der Waals surface area contributed by atoms with E-state index in [-0.39, 0.29) is 59.3 Å². The topological polar surface area (TPSA) is 33.5 Å². The molecule has 10 rings (SSSR count). The highest BCUT2D eigenvalue weighted by atomic mass is 16.5. The predicted molar refractivity (Wildman–Crippen MR) is 260 cm³/mol. The van der Waals surface area contributed by atoms with Crippen LogP contribution in [0, 0.1) is 6.85 Å². The van der Waals surface area contributed by atoms with Crippen molar-refractivity contribution in [2.75, 3.05) is 16.5 Å². The zero-order valence-corrected chi connectivity index (χ0v) is 35.7. The molecule has 0 amide bonds. The van der Waals surface area contributed by atoms with Crippen LogP contribution in [0.15, 0.2) is 176 Å². The van der Waals surface area contributed by atoms with E-state index in [1.807, 2.05) is 127 Å². The third kappa shape index (κ3) is 7.07. The Labute approximate surface area is 378 Å². The predicted octanol–water partition coefficient (Wildman–Crippen LogP) is 15.5. The van der Waals surface area contributed by atoms with Crippen LogP contribution in [0.25, 0.3) is 49.9 Å². The normalized spacial score (nSPS) is 15.2. The number of nitrogens with zero attached hydrogens (tertiary/aromatic N) is 4. The summed E-state index contributed by atoms with van der Waals surface area (Å²) in [6.45, 7) is 10.2. The number of para-hydroxylation sites is 3. The minimum absolute atomic E-state index is 0.134. The highest BCUT2D eigenvalue weighted by molar-refractivity contribution is 6.09. The lowest BCUT2D eigenvalue weighted by atomic mass is 9.86. The molecule has 0 N–H and O–H groups in total. The maximum absolute atomic E-state index is 9.61. The van der Waals surface area contributed by atoms with Crippen LogP contribution in [0.5, 0.6) is 11.5 Å². The second-order valence-corrected chi connectivity index (χ2v) is 17.9. The molecule has 9 aromatic rings. The molecule has 62 heavy (non-hydrogen) atoms. The molecule has 0 saturated carbocycles. The summed E-state index contributed by atoms with van der Waals surface area (Å²) in [5.41, 5.74) is 7.23. The number of hydrogen-bond donors (Lipinski definition) is 0. The fraction of sp³-hybridized carbons (Fsp3) is 0.175. The van der Waals surface area contributed by atoms with E-state index in [1.54, 1.807) is 10.8 Å². The molecule has 7 aromatic carbocycles. The smallest absolute Gasteiger partial charge is 0.137 e. The number of fused-ring (bicyclic) bond motifs is 4. The van der Waals surface area contributed by atoms with Gasteiger partial charge in [0.25, 0.3) is 0 Å². The Bertz CT molecular complexity index is 3510. The van der Waals surface area contributed by atoms with E-state index < -0.39 is 6.85 Å². The number of rotatable bonds is 7. The van der Waals surface area contributed by atoms with Crippen LogP contribution >= 0.6 is 0 Å². The van der Waals surface area contributed by atoms with Gasteiger partial charge < -0.3 is 14.5 Å². The van der Waals surface area contributed by atoms with Crippen molar-refractivity contribution in [2.45, 2.75) is 59.2 Å². The maximum atomic E-state index is 9.61. The molecular formula is C57H52N4O. The Morgan fingerprint density at radius 1 is 0.597 bits per heavy atom. The number of pyridine rings is 1. The van der Waals surface area contributed by atoms with Crippen LogP contribution in [0.3, 0.4) is 0 Å². The van der Waals surface area contributed by atoms with Crippen molar-refractivity contribution in [3.8, 4) is 39.6 Å². The van der Waals surface area contributed by atoms with E-state index in [0.717, 1.165) is 28.2 Å². The SMILES string of the molecule is [2H]c1c(-c2ccccc2)c(N2CN(c3cc(Oc4ccc5c6c([2H])c([2H])c([2H])c([2H])c6n(-c6cc(C(C)(C)C)ccn6)c5c4)cc(C(C)(C)C)c3)c3ccccc32)c(-c2ccccc2)c([2H])c1C([2H])([2H])[2H]. The summed E-state index contributed by atoms with van der Waals surface area (Å²) in [7, 11) is 0. The zero-order chi connectivity index (χ0) is 50.5. The molecule has 0 saturated heterocycles. The van der Waals surface area contributed by atoms with Gasteiger partial charge in [-0.05, 0) is 112 Å². The lowest BCUT2D eigenvalue weighted by Gasteiger charge is -2.28. The first kappa shape index (κ1) is 30.0. The molecule has 0 unspecified atom stereocenters. The van der Waals surface area contributed by atoms with Gasteiger partial charge in [-0.15, -0.1) is 0 Å². The van der Waals surface area contributed by atoms with Gasteiger partial charge in [0.15, 0.2) is 0 Å². The molecular weight excluding hydrogens is 757 g/mol. The van der Waals surface area contributed by atoms with Crippen molar-refractivity contribution in [1.29, 1.82) is 0 Å². The average molecular weight is 818 g/mol. The number of hydrogen-bond acceptors (Lipinski definition) is 4. The Kier molecular flexibility index (Phi) is 7.31. The number of anilines is 4. The standard InChI is InChI=1S/C57H52N4O/c1-38-30-48(39-18-10-8-11-19-39)55(49(31-38)40-20-12-9-13-21-40)60-37-59(51-24-16-17-25-52(51)60)43-32-42(57(5,6)7)33-45(35-43)62-44-26-27-47-46-22-14-15-23-50(46)61(53(47)36-44)54-34-41(28-29-58-54)56(2,3)4/h8-36H,37H2,1-7H3/i1D3,14D,15D,22D,23D,30D,31D. The van der Waals surface area contributed by atoms with Gasteiger partial charge in [-0.25, -0.2) is 4.98 Å². The van der Waals surface area contributed by atoms with Gasteiger partial charge in [-0.3, -0.25) is 4.57 Å². The molecule has 0 bridgehead atoms. The van der Waals surface area contributed by atoms with Gasteiger partial charge >= 0.3 is 0 Å². The van der Waals surface area contributed by atoms with Gasteiger partial charge in [0.1, 0.15) is 24.0 Å². The summed E-state index contributed by atoms with van der Waals surface area (Å²) in [5, 5.41) is 1.02. The van der Waals surface area contributed by atoms with Crippen LogP contribution in [0.1, 0.15) is 70.6 Å². The van der Waals surface area contributed by atoms with Gasteiger partial charge in [-0.2, -0.15) is 0 Å². The highest BCUT2D eigenvalue weighted by Gasteiger charge is 2.32. The van der Waals surface area contributed by atoms with Crippen molar-refractivity contribution in [2.24, 2.45) is 0 Å². The Balaban J connectivity index is 1.15. The highest BCUT2D eigenvalue weighted by Crippen LogP contribution is 2.51. The summed E-state index contributed by atoms with van der Waals surface area (Å²) >= 11 is 0. The average Bonchev–Trinajstić information content (AvgIpc) is 3.88. The zero-order valence-electron chi connectivity index (χ0n) is 44.7. The van der Waals surface area contributed by atoms with Crippen molar-refractivity contribution < 1.29 is 17.1 Å². The first-order chi connectivity index (χ1) is 33.6.